The van der Waals surface area contributed by atoms with Gasteiger partial charge >= 0.3 is 0 Å². The van der Waals surface area contributed by atoms with E-state index in [9.17, 15) is 9.59 Å². The zero-order valence-corrected chi connectivity index (χ0v) is 29.1. The number of aldehydes is 2. The number of hydrogen-bond acceptors (Lipinski definition) is 7. The predicted octanol–water partition coefficient (Wildman–Crippen LogP) is 8.26. The number of rotatable bonds is 18. The van der Waals surface area contributed by atoms with E-state index in [1.165, 1.54) is 0 Å². The molecule has 2 rings (SSSR count). The van der Waals surface area contributed by atoms with E-state index in [-0.39, 0.29) is 24.0 Å². The lowest BCUT2D eigenvalue weighted by Gasteiger charge is -2.31. The number of benzene rings is 2. The van der Waals surface area contributed by atoms with Gasteiger partial charge in [-0.15, -0.1) is 0 Å². The van der Waals surface area contributed by atoms with E-state index < -0.39 is 11.2 Å². The van der Waals surface area contributed by atoms with Crippen molar-refractivity contribution in [3.8, 4) is 11.5 Å². The van der Waals surface area contributed by atoms with Crippen LogP contribution in [-0.2, 0) is 36.2 Å². The first kappa shape index (κ1) is 37.9. The molecule has 0 aromatic heterocycles. The van der Waals surface area contributed by atoms with Gasteiger partial charge in [-0.05, 0) is 73.9 Å². The van der Waals surface area contributed by atoms with Crippen LogP contribution in [0.25, 0.3) is 0 Å². The smallest absolute Gasteiger partial charge is 0.153 e. The second-order valence-electron chi connectivity index (χ2n) is 14.1. The van der Waals surface area contributed by atoms with Gasteiger partial charge in [-0.1, -0.05) is 66.9 Å². The van der Waals surface area contributed by atoms with Crippen molar-refractivity contribution in [2.24, 2.45) is 0 Å². The average molecular weight is 623 g/mol. The minimum Gasteiger partial charge on any atom is -0.488 e. The highest BCUT2D eigenvalue weighted by atomic mass is 16.6. The van der Waals surface area contributed by atoms with Crippen molar-refractivity contribution in [3.63, 3.8) is 0 Å². The Bertz CT molecular complexity index is 1220. The Morgan fingerprint density at radius 2 is 0.933 bits per heavy atom. The summed E-state index contributed by atoms with van der Waals surface area (Å²) in [6.45, 7) is 29.8. The Balaban J connectivity index is 2.11. The van der Waals surface area contributed by atoms with E-state index in [0.717, 1.165) is 34.8 Å². The number of carbonyl (C=O) groups excluding carboxylic acids is 2. The lowest BCUT2D eigenvalue weighted by molar-refractivity contribution is -0.0755. The van der Waals surface area contributed by atoms with Crippen LogP contribution >= 0.6 is 0 Å². The molecule has 0 bridgehead atoms. The summed E-state index contributed by atoms with van der Waals surface area (Å²) in [5.41, 5.74) is 2.75. The fourth-order valence-corrected chi connectivity index (χ4v) is 4.81. The molecule has 0 heterocycles. The molecule has 0 aliphatic heterocycles. The maximum absolute atomic E-state index is 12.0. The van der Waals surface area contributed by atoms with Crippen molar-refractivity contribution in [3.05, 3.63) is 83.0 Å². The molecule has 0 spiro atoms. The van der Waals surface area contributed by atoms with Crippen LogP contribution in [0.5, 0.6) is 11.5 Å². The molecule has 45 heavy (non-hydrogen) atoms. The van der Waals surface area contributed by atoms with E-state index in [4.69, 9.17) is 23.7 Å². The summed E-state index contributed by atoms with van der Waals surface area (Å²) in [7, 11) is 0. The van der Waals surface area contributed by atoms with E-state index in [1.807, 2.05) is 39.8 Å². The SMILES string of the molecule is C=CCOc1c(C=O)cc(C(C)(C)C)cc1C(C)(C)OCCOCCOC(C)(C)c1cc(C(C)(C)C)cc(C=O)c1OCC=C. The number of carbonyl (C=O) groups is 2. The van der Waals surface area contributed by atoms with Gasteiger partial charge in [0.05, 0.1) is 48.8 Å². The Kier molecular flexibility index (Phi) is 13.3. The highest BCUT2D eigenvalue weighted by Gasteiger charge is 2.31. The molecule has 7 nitrogen and oxygen atoms in total. The fraction of sp³-hybridized carbons (Fsp3) is 0.526. The Morgan fingerprint density at radius 1 is 0.578 bits per heavy atom. The van der Waals surface area contributed by atoms with Crippen LogP contribution in [0, 0.1) is 0 Å². The lowest BCUT2D eigenvalue weighted by Crippen LogP contribution is -2.28. The van der Waals surface area contributed by atoms with Crippen molar-refractivity contribution < 1.29 is 33.3 Å². The molecular weight excluding hydrogens is 568 g/mol. The fourth-order valence-electron chi connectivity index (χ4n) is 4.81. The maximum Gasteiger partial charge on any atom is 0.153 e. The van der Waals surface area contributed by atoms with Gasteiger partial charge in [-0.2, -0.15) is 0 Å². The first-order chi connectivity index (χ1) is 20.9. The van der Waals surface area contributed by atoms with Crippen LogP contribution in [-0.4, -0.2) is 52.2 Å². The molecule has 2 aromatic rings. The number of ether oxygens (including phenoxy) is 5. The zero-order valence-electron chi connectivity index (χ0n) is 29.1. The van der Waals surface area contributed by atoms with Crippen LogP contribution in [0.4, 0.5) is 0 Å². The summed E-state index contributed by atoms with van der Waals surface area (Å²) in [6, 6.07) is 7.87. The Hall–Kier alpha value is -3.26. The minimum atomic E-state index is -0.756. The molecule has 0 N–H and O–H groups in total. The summed E-state index contributed by atoms with van der Waals surface area (Å²) in [4.78, 5) is 24.0. The van der Waals surface area contributed by atoms with Gasteiger partial charge in [-0.25, -0.2) is 0 Å². The number of hydrogen-bond donors (Lipinski definition) is 0. The largest absolute Gasteiger partial charge is 0.488 e. The second-order valence-corrected chi connectivity index (χ2v) is 14.1. The molecule has 7 heteroatoms. The van der Waals surface area contributed by atoms with E-state index in [1.54, 1.807) is 12.2 Å². The van der Waals surface area contributed by atoms with E-state index in [2.05, 4.69) is 66.8 Å². The first-order valence-electron chi connectivity index (χ1n) is 15.5. The third-order valence-electron chi connectivity index (χ3n) is 7.59. The van der Waals surface area contributed by atoms with Crippen molar-refractivity contribution in [2.45, 2.75) is 91.3 Å². The molecule has 0 radical (unpaired) electrons. The van der Waals surface area contributed by atoms with Crippen LogP contribution < -0.4 is 9.47 Å². The quantitative estimate of drug-likeness (QED) is 0.0941. The monoisotopic (exact) mass is 622 g/mol. The summed E-state index contributed by atoms with van der Waals surface area (Å²) < 4.78 is 30.4. The summed E-state index contributed by atoms with van der Waals surface area (Å²) in [5.74, 6) is 1.01. The van der Waals surface area contributed by atoms with Crippen molar-refractivity contribution >= 4 is 12.6 Å². The molecule has 0 fully saturated rings. The van der Waals surface area contributed by atoms with Crippen molar-refractivity contribution in [2.75, 3.05) is 39.6 Å². The predicted molar refractivity (Wildman–Crippen MR) is 181 cm³/mol. The highest BCUT2D eigenvalue weighted by molar-refractivity contribution is 5.82. The molecule has 0 aliphatic rings. The molecule has 0 aliphatic carbocycles. The van der Waals surface area contributed by atoms with Gasteiger partial charge in [0.2, 0.25) is 0 Å². The van der Waals surface area contributed by atoms with E-state index >= 15 is 0 Å². The molecule has 0 saturated heterocycles. The minimum absolute atomic E-state index is 0.169. The zero-order chi connectivity index (χ0) is 34.1. The van der Waals surface area contributed by atoms with Gasteiger partial charge in [0, 0.05) is 11.1 Å². The maximum atomic E-state index is 12.0. The topological polar surface area (TPSA) is 80.3 Å². The lowest BCUT2D eigenvalue weighted by atomic mass is 9.82. The Morgan fingerprint density at radius 3 is 1.22 bits per heavy atom. The summed E-state index contributed by atoms with van der Waals surface area (Å²) >= 11 is 0. The van der Waals surface area contributed by atoms with Gasteiger partial charge in [-0.3, -0.25) is 9.59 Å². The Labute approximate surface area is 270 Å². The molecule has 0 atom stereocenters. The molecule has 2 aromatic carbocycles. The third kappa shape index (κ3) is 10.4. The van der Waals surface area contributed by atoms with Gasteiger partial charge in [0.15, 0.2) is 12.6 Å². The molecule has 248 valence electrons. The molecule has 0 saturated carbocycles. The second kappa shape index (κ2) is 15.8. The highest BCUT2D eigenvalue weighted by Crippen LogP contribution is 2.40. The normalized spacial score (nSPS) is 12.5. The third-order valence-corrected chi connectivity index (χ3v) is 7.59. The van der Waals surface area contributed by atoms with Crippen LogP contribution in [0.2, 0.25) is 0 Å². The summed E-state index contributed by atoms with van der Waals surface area (Å²) in [6.07, 6.45) is 4.95. The van der Waals surface area contributed by atoms with Crippen molar-refractivity contribution in [1.82, 2.24) is 0 Å². The van der Waals surface area contributed by atoms with Crippen LogP contribution in [0.1, 0.15) is 112 Å². The summed E-state index contributed by atoms with van der Waals surface area (Å²) in [5, 5.41) is 0. The van der Waals surface area contributed by atoms with E-state index in [0.29, 0.717) is 49.1 Å². The standard InChI is InChI=1S/C38H54O7/c1-13-15-42-33-27(25-39)21-29(35(3,4)5)23-31(33)37(9,10)44-19-17-41-18-20-45-38(11,12)32-24-30(36(6,7)8)22-28(26-40)34(32)43-16-14-2/h13-14,21-26H,1-2,15-20H2,3-12H3. The van der Waals surface area contributed by atoms with Gasteiger partial charge < -0.3 is 23.7 Å². The molecule has 0 amide bonds. The first-order valence-corrected chi connectivity index (χ1v) is 15.5. The van der Waals surface area contributed by atoms with Crippen LogP contribution in [0.15, 0.2) is 49.6 Å². The molecule has 0 unspecified atom stereocenters. The molecular formula is C38H54O7. The van der Waals surface area contributed by atoms with Gasteiger partial charge in [0.25, 0.3) is 0 Å². The van der Waals surface area contributed by atoms with Crippen molar-refractivity contribution in [1.29, 1.82) is 0 Å². The van der Waals surface area contributed by atoms with Gasteiger partial charge in [0.1, 0.15) is 24.7 Å². The average Bonchev–Trinajstić information content (AvgIpc) is 2.96. The van der Waals surface area contributed by atoms with Crippen LogP contribution in [0.3, 0.4) is 0 Å².